The highest BCUT2D eigenvalue weighted by molar-refractivity contribution is 7.19. The summed E-state index contributed by atoms with van der Waals surface area (Å²) in [7, 11) is 0. The number of rotatable bonds is 1. The molecule has 0 atom stereocenters. The van der Waals surface area contributed by atoms with E-state index in [1.165, 1.54) is 5.56 Å². The van der Waals surface area contributed by atoms with Gasteiger partial charge >= 0.3 is 0 Å². The van der Waals surface area contributed by atoms with Crippen molar-refractivity contribution in [1.82, 2.24) is 24.6 Å². The Balaban J connectivity index is 1.76. The van der Waals surface area contributed by atoms with Crippen molar-refractivity contribution in [2.24, 2.45) is 0 Å². The van der Waals surface area contributed by atoms with Crippen LogP contribution < -0.4 is 0 Å². The van der Waals surface area contributed by atoms with Crippen molar-refractivity contribution >= 4 is 38.6 Å². The van der Waals surface area contributed by atoms with Gasteiger partial charge < -0.3 is 0 Å². The Bertz CT molecular complexity index is 1170. The van der Waals surface area contributed by atoms with Crippen molar-refractivity contribution in [3.8, 4) is 10.6 Å². The molecular weight excluding hydrogens is 306 g/mol. The molecule has 23 heavy (non-hydrogen) atoms. The fourth-order valence-corrected chi connectivity index (χ4v) is 3.49. The zero-order valence-electron chi connectivity index (χ0n) is 12.3. The van der Waals surface area contributed by atoms with Crippen molar-refractivity contribution < 1.29 is 0 Å². The van der Waals surface area contributed by atoms with Crippen LogP contribution in [0.2, 0.25) is 0 Å². The minimum absolute atomic E-state index is 0.637. The molecule has 0 saturated heterocycles. The molecule has 6 heteroatoms. The molecule has 3 aromatic heterocycles. The summed E-state index contributed by atoms with van der Waals surface area (Å²) in [6, 6.07) is 16.1. The topological polar surface area (TPSA) is 56.0 Å². The van der Waals surface area contributed by atoms with Crippen molar-refractivity contribution in [3.63, 3.8) is 0 Å². The molecule has 0 aliphatic carbocycles. The standard InChI is InChI=1S/C17H11N5S/c1-10-6-8-11(9-7-10)16-21-22-15-14(20-17(22)23-16)18-12-4-2-3-5-13(12)19-15/h2-9H,1H3. The third-order valence-electron chi connectivity index (χ3n) is 3.80. The Morgan fingerprint density at radius 3 is 2.39 bits per heavy atom. The summed E-state index contributed by atoms with van der Waals surface area (Å²) in [5, 5.41) is 5.61. The van der Waals surface area contributed by atoms with Crippen LogP contribution in [-0.4, -0.2) is 24.6 Å². The van der Waals surface area contributed by atoms with Gasteiger partial charge in [0.1, 0.15) is 5.01 Å². The summed E-state index contributed by atoms with van der Waals surface area (Å²) in [6.45, 7) is 2.08. The van der Waals surface area contributed by atoms with Crippen molar-refractivity contribution in [2.45, 2.75) is 6.92 Å². The summed E-state index contributed by atoms with van der Waals surface area (Å²) in [5.41, 5.74) is 5.37. The molecule has 2 aromatic carbocycles. The van der Waals surface area contributed by atoms with E-state index in [0.29, 0.717) is 11.3 Å². The van der Waals surface area contributed by atoms with Crippen LogP contribution in [0.4, 0.5) is 0 Å². The van der Waals surface area contributed by atoms with Gasteiger partial charge in [-0.3, -0.25) is 0 Å². The van der Waals surface area contributed by atoms with Crippen LogP contribution >= 0.6 is 11.3 Å². The second-order valence-corrected chi connectivity index (χ2v) is 6.39. The largest absolute Gasteiger partial charge is 0.223 e. The third-order valence-corrected chi connectivity index (χ3v) is 4.75. The first-order chi connectivity index (χ1) is 11.3. The number of hydrogen-bond donors (Lipinski definition) is 0. The second kappa shape index (κ2) is 4.57. The molecule has 0 N–H and O–H groups in total. The highest BCUT2D eigenvalue weighted by Gasteiger charge is 2.14. The highest BCUT2D eigenvalue weighted by Crippen LogP contribution is 2.28. The fourth-order valence-electron chi connectivity index (χ4n) is 2.59. The van der Waals surface area contributed by atoms with Crippen LogP contribution in [0.5, 0.6) is 0 Å². The number of aromatic nitrogens is 5. The molecule has 0 saturated carbocycles. The van der Waals surface area contributed by atoms with Gasteiger partial charge in [-0.05, 0) is 19.1 Å². The van der Waals surface area contributed by atoms with Gasteiger partial charge in [0.05, 0.1) is 11.0 Å². The Kier molecular flexibility index (Phi) is 2.51. The van der Waals surface area contributed by atoms with Gasteiger partial charge in [0.2, 0.25) is 16.3 Å². The lowest BCUT2D eigenvalue weighted by atomic mass is 10.2. The van der Waals surface area contributed by atoms with E-state index < -0.39 is 0 Å². The minimum atomic E-state index is 0.637. The molecule has 0 aliphatic rings. The quantitative estimate of drug-likeness (QED) is 0.471. The number of para-hydroxylation sites is 2. The molecule has 0 spiro atoms. The Hall–Kier alpha value is -2.86. The molecular formula is C17H11N5S. The average molecular weight is 317 g/mol. The molecule has 0 amide bonds. The summed E-state index contributed by atoms with van der Waals surface area (Å²) < 4.78 is 1.79. The van der Waals surface area contributed by atoms with E-state index in [1.54, 1.807) is 15.9 Å². The molecule has 0 bridgehead atoms. The number of benzene rings is 2. The zero-order chi connectivity index (χ0) is 15.4. The van der Waals surface area contributed by atoms with E-state index in [0.717, 1.165) is 26.6 Å². The van der Waals surface area contributed by atoms with Gasteiger partial charge in [-0.1, -0.05) is 53.3 Å². The van der Waals surface area contributed by atoms with Crippen molar-refractivity contribution in [2.75, 3.05) is 0 Å². The number of nitrogens with zero attached hydrogens (tertiary/aromatic N) is 5. The van der Waals surface area contributed by atoms with Crippen molar-refractivity contribution in [3.05, 3.63) is 54.1 Å². The van der Waals surface area contributed by atoms with Gasteiger partial charge in [-0.25, -0.2) is 9.97 Å². The van der Waals surface area contributed by atoms with Crippen molar-refractivity contribution in [1.29, 1.82) is 0 Å². The lowest BCUT2D eigenvalue weighted by molar-refractivity contribution is 0.996. The molecule has 0 aliphatic heterocycles. The maximum atomic E-state index is 4.68. The lowest BCUT2D eigenvalue weighted by Gasteiger charge is -1.97. The van der Waals surface area contributed by atoms with E-state index in [4.69, 9.17) is 0 Å². The van der Waals surface area contributed by atoms with E-state index in [1.807, 2.05) is 24.3 Å². The maximum Gasteiger partial charge on any atom is 0.216 e. The summed E-state index contributed by atoms with van der Waals surface area (Å²) >= 11 is 1.55. The predicted molar refractivity (Wildman–Crippen MR) is 91.6 cm³/mol. The predicted octanol–water partition coefficient (Wildman–Crippen LogP) is 3.86. The van der Waals surface area contributed by atoms with E-state index >= 15 is 0 Å². The number of imidazole rings is 1. The first-order valence-corrected chi connectivity index (χ1v) is 8.09. The number of aryl methyl sites for hydroxylation is 1. The summed E-state index contributed by atoms with van der Waals surface area (Å²) in [6.07, 6.45) is 0. The fraction of sp³-hybridized carbons (Fsp3) is 0.0588. The van der Waals surface area contributed by atoms with Gasteiger partial charge in [-0.2, -0.15) is 14.6 Å². The zero-order valence-corrected chi connectivity index (χ0v) is 13.1. The summed E-state index contributed by atoms with van der Waals surface area (Å²) in [5.74, 6) is 0. The minimum Gasteiger partial charge on any atom is -0.223 e. The van der Waals surface area contributed by atoms with Crippen LogP contribution in [0.15, 0.2) is 48.5 Å². The Morgan fingerprint density at radius 2 is 1.61 bits per heavy atom. The SMILES string of the molecule is Cc1ccc(-c2nn3c(nc4nc5ccccc5nc43)s2)cc1. The van der Waals surface area contributed by atoms with E-state index in [-0.39, 0.29) is 0 Å². The Morgan fingerprint density at radius 1 is 0.870 bits per heavy atom. The molecule has 5 nitrogen and oxygen atoms in total. The van der Waals surface area contributed by atoms with Gasteiger partial charge in [0, 0.05) is 5.56 Å². The molecule has 5 aromatic rings. The summed E-state index contributed by atoms with van der Waals surface area (Å²) in [4.78, 5) is 14.6. The first-order valence-electron chi connectivity index (χ1n) is 7.27. The molecule has 5 rings (SSSR count). The average Bonchev–Trinajstić information content (AvgIpc) is 3.11. The van der Waals surface area contributed by atoms with E-state index in [9.17, 15) is 0 Å². The van der Waals surface area contributed by atoms with Crippen LogP contribution in [0.3, 0.4) is 0 Å². The van der Waals surface area contributed by atoms with Gasteiger partial charge in [0.25, 0.3) is 0 Å². The number of hydrogen-bond acceptors (Lipinski definition) is 5. The van der Waals surface area contributed by atoms with Crippen LogP contribution in [0.1, 0.15) is 5.56 Å². The third kappa shape index (κ3) is 1.92. The second-order valence-electron chi connectivity index (χ2n) is 5.44. The van der Waals surface area contributed by atoms with Crippen LogP contribution in [0.25, 0.3) is 37.9 Å². The molecule has 0 fully saturated rings. The molecule has 0 radical (unpaired) electrons. The monoisotopic (exact) mass is 317 g/mol. The highest BCUT2D eigenvalue weighted by atomic mass is 32.1. The molecule has 110 valence electrons. The smallest absolute Gasteiger partial charge is 0.216 e. The molecule has 0 unspecified atom stereocenters. The normalized spacial score (nSPS) is 11.7. The van der Waals surface area contributed by atoms with E-state index in [2.05, 4.69) is 51.2 Å². The molecule has 3 heterocycles. The van der Waals surface area contributed by atoms with Gasteiger partial charge in [-0.15, -0.1) is 0 Å². The number of fused-ring (bicyclic) bond motifs is 4. The Labute approximate surface area is 135 Å². The lowest BCUT2D eigenvalue weighted by Crippen LogP contribution is -1.91. The first kappa shape index (κ1) is 12.7. The maximum absolute atomic E-state index is 4.68. The van der Waals surface area contributed by atoms with Gasteiger partial charge in [0.15, 0.2) is 0 Å². The van der Waals surface area contributed by atoms with Crippen LogP contribution in [-0.2, 0) is 0 Å². The van der Waals surface area contributed by atoms with Crippen LogP contribution in [0, 0.1) is 6.92 Å².